The molecule has 6 heteroatoms. The van der Waals surface area contributed by atoms with Crippen molar-refractivity contribution < 1.29 is 9.18 Å². The van der Waals surface area contributed by atoms with E-state index in [0.717, 1.165) is 0 Å². The second-order valence-corrected chi connectivity index (χ2v) is 5.49. The highest BCUT2D eigenvalue weighted by atomic mass is 35.5. The molecule has 2 aromatic carbocycles. The molecular formula is C16H9Cl2FN2O. The molecular weight excluding hydrogens is 326 g/mol. The highest BCUT2D eigenvalue weighted by molar-refractivity contribution is 6.35. The second-order valence-electron chi connectivity index (χ2n) is 4.61. The lowest BCUT2D eigenvalue weighted by Crippen LogP contribution is -2.04. The van der Waals surface area contributed by atoms with Crippen LogP contribution in [-0.4, -0.2) is 16.0 Å². The average molecular weight is 335 g/mol. The summed E-state index contributed by atoms with van der Waals surface area (Å²) < 4.78 is 13.8. The molecule has 22 heavy (non-hydrogen) atoms. The topological polar surface area (TPSA) is 45.8 Å². The summed E-state index contributed by atoms with van der Waals surface area (Å²) in [6.07, 6.45) is 1.43. The third-order valence-electron chi connectivity index (χ3n) is 3.14. The zero-order chi connectivity index (χ0) is 15.7. The minimum Gasteiger partial charge on any atom is -0.288 e. The van der Waals surface area contributed by atoms with Crippen molar-refractivity contribution in [3.63, 3.8) is 0 Å². The molecule has 3 aromatic rings. The Kier molecular flexibility index (Phi) is 3.96. The molecule has 0 bridgehead atoms. The van der Waals surface area contributed by atoms with Gasteiger partial charge in [-0.05, 0) is 30.3 Å². The fourth-order valence-electron chi connectivity index (χ4n) is 2.16. The first-order chi connectivity index (χ1) is 10.6. The van der Waals surface area contributed by atoms with Crippen LogP contribution in [0.3, 0.4) is 0 Å². The van der Waals surface area contributed by atoms with Gasteiger partial charge < -0.3 is 0 Å². The summed E-state index contributed by atoms with van der Waals surface area (Å²) in [6, 6.07) is 10.7. The molecule has 0 aliphatic carbocycles. The molecule has 0 saturated heterocycles. The number of nitrogens with zero attached hydrogens (tertiary/aromatic N) is 1. The van der Waals surface area contributed by atoms with Crippen molar-refractivity contribution >= 4 is 29.0 Å². The number of aromatic nitrogens is 2. The largest absolute Gasteiger partial charge is 0.288 e. The number of ketones is 1. The van der Waals surface area contributed by atoms with Gasteiger partial charge in [0.15, 0.2) is 5.78 Å². The SMILES string of the molecule is O=C(c1ccccc1F)c1c[nH]nc1-c1cc(Cl)cc(Cl)c1. The number of nitrogens with one attached hydrogen (secondary N) is 1. The Morgan fingerprint density at radius 1 is 1.05 bits per heavy atom. The number of H-pyrrole nitrogens is 1. The van der Waals surface area contributed by atoms with Crippen molar-refractivity contribution in [2.24, 2.45) is 0 Å². The van der Waals surface area contributed by atoms with E-state index in [1.165, 1.54) is 24.4 Å². The predicted molar refractivity (Wildman–Crippen MR) is 83.9 cm³/mol. The zero-order valence-electron chi connectivity index (χ0n) is 11.1. The number of benzene rings is 2. The van der Waals surface area contributed by atoms with Crippen LogP contribution >= 0.6 is 23.2 Å². The lowest BCUT2D eigenvalue weighted by atomic mass is 10.00. The van der Waals surface area contributed by atoms with E-state index in [4.69, 9.17) is 23.2 Å². The first-order valence-corrected chi connectivity index (χ1v) is 7.11. The minimum atomic E-state index is -0.580. The summed E-state index contributed by atoms with van der Waals surface area (Å²) in [5, 5.41) is 7.54. The van der Waals surface area contributed by atoms with Crippen LogP contribution in [-0.2, 0) is 0 Å². The maximum atomic E-state index is 13.8. The van der Waals surface area contributed by atoms with Crippen LogP contribution in [0.4, 0.5) is 4.39 Å². The Bertz CT molecular complexity index is 841. The minimum absolute atomic E-state index is 0.0155. The van der Waals surface area contributed by atoms with E-state index in [-0.39, 0.29) is 11.1 Å². The smallest absolute Gasteiger partial charge is 0.199 e. The Hall–Kier alpha value is -2.17. The molecule has 0 radical (unpaired) electrons. The second kappa shape index (κ2) is 5.91. The van der Waals surface area contributed by atoms with E-state index in [9.17, 15) is 9.18 Å². The number of hydrogen-bond donors (Lipinski definition) is 1. The van der Waals surface area contributed by atoms with Crippen LogP contribution in [0.15, 0.2) is 48.7 Å². The van der Waals surface area contributed by atoms with Gasteiger partial charge in [-0.3, -0.25) is 9.89 Å². The molecule has 110 valence electrons. The van der Waals surface area contributed by atoms with Gasteiger partial charge in [0, 0.05) is 21.8 Å². The van der Waals surface area contributed by atoms with Crippen molar-refractivity contribution in [2.45, 2.75) is 0 Å². The van der Waals surface area contributed by atoms with Crippen LogP contribution in [0.2, 0.25) is 10.0 Å². The summed E-state index contributed by atoms with van der Waals surface area (Å²) in [7, 11) is 0. The highest BCUT2D eigenvalue weighted by Gasteiger charge is 2.20. The fourth-order valence-corrected chi connectivity index (χ4v) is 2.69. The lowest BCUT2D eigenvalue weighted by molar-refractivity contribution is 0.103. The predicted octanol–water partition coefficient (Wildman–Crippen LogP) is 4.75. The third-order valence-corrected chi connectivity index (χ3v) is 3.58. The Balaban J connectivity index is 2.09. The summed E-state index contributed by atoms with van der Waals surface area (Å²) >= 11 is 11.9. The van der Waals surface area contributed by atoms with Gasteiger partial charge in [0.25, 0.3) is 0 Å². The molecule has 0 amide bonds. The van der Waals surface area contributed by atoms with Crippen LogP contribution in [0.1, 0.15) is 15.9 Å². The maximum Gasteiger partial charge on any atom is 0.199 e. The number of carbonyl (C=O) groups excluding carboxylic acids is 1. The Morgan fingerprint density at radius 2 is 1.73 bits per heavy atom. The van der Waals surface area contributed by atoms with E-state index in [0.29, 0.717) is 21.3 Å². The van der Waals surface area contributed by atoms with Gasteiger partial charge in [-0.15, -0.1) is 0 Å². The number of hydrogen-bond acceptors (Lipinski definition) is 2. The van der Waals surface area contributed by atoms with E-state index in [2.05, 4.69) is 10.2 Å². The third kappa shape index (κ3) is 2.75. The molecule has 0 fully saturated rings. The molecule has 1 heterocycles. The Labute approximate surface area is 135 Å². The van der Waals surface area contributed by atoms with Gasteiger partial charge in [0.05, 0.1) is 11.1 Å². The zero-order valence-corrected chi connectivity index (χ0v) is 12.6. The van der Waals surface area contributed by atoms with Gasteiger partial charge in [0.1, 0.15) is 11.5 Å². The molecule has 0 aliphatic rings. The van der Waals surface area contributed by atoms with Crippen molar-refractivity contribution in [2.75, 3.05) is 0 Å². The average Bonchev–Trinajstić information content (AvgIpc) is 2.95. The molecule has 1 aromatic heterocycles. The molecule has 0 spiro atoms. The molecule has 0 unspecified atom stereocenters. The lowest BCUT2D eigenvalue weighted by Gasteiger charge is -2.04. The van der Waals surface area contributed by atoms with Crippen LogP contribution < -0.4 is 0 Å². The normalized spacial score (nSPS) is 10.7. The summed E-state index contributed by atoms with van der Waals surface area (Å²) in [4.78, 5) is 12.5. The van der Waals surface area contributed by atoms with E-state index in [1.54, 1.807) is 24.3 Å². The molecule has 3 rings (SSSR count). The molecule has 0 atom stereocenters. The van der Waals surface area contributed by atoms with Gasteiger partial charge in [-0.1, -0.05) is 35.3 Å². The van der Waals surface area contributed by atoms with Crippen molar-refractivity contribution in [1.29, 1.82) is 0 Å². The number of carbonyl (C=O) groups is 1. The first kappa shape index (κ1) is 14.8. The van der Waals surface area contributed by atoms with Gasteiger partial charge >= 0.3 is 0 Å². The van der Waals surface area contributed by atoms with Crippen LogP contribution in [0.5, 0.6) is 0 Å². The van der Waals surface area contributed by atoms with E-state index in [1.807, 2.05) is 0 Å². The summed E-state index contributed by atoms with van der Waals surface area (Å²) in [6.45, 7) is 0. The van der Waals surface area contributed by atoms with Crippen molar-refractivity contribution in [3.05, 3.63) is 75.7 Å². The molecule has 0 saturated carbocycles. The van der Waals surface area contributed by atoms with Crippen molar-refractivity contribution in [3.8, 4) is 11.3 Å². The van der Waals surface area contributed by atoms with E-state index < -0.39 is 11.6 Å². The first-order valence-electron chi connectivity index (χ1n) is 6.36. The number of halogens is 3. The molecule has 0 aliphatic heterocycles. The standard InChI is InChI=1S/C16H9Cl2FN2O/c17-10-5-9(6-11(18)7-10)15-13(8-20-21-15)16(22)12-3-1-2-4-14(12)19/h1-8H,(H,20,21). The van der Waals surface area contributed by atoms with Crippen molar-refractivity contribution in [1.82, 2.24) is 10.2 Å². The van der Waals surface area contributed by atoms with Gasteiger partial charge in [0.2, 0.25) is 0 Å². The van der Waals surface area contributed by atoms with Gasteiger partial charge in [-0.25, -0.2) is 4.39 Å². The molecule has 1 N–H and O–H groups in total. The van der Waals surface area contributed by atoms with E-state index >= 15 is 0 Å². The summed E-state index contributed by atoms with van der Waals surface area (Å²) in [5.41, 5.74) is 1.19. The maximum absolute atomic E-state index is 13.8. The molecule has 3 nitrogen and oxygen atoms in total. The number of aromatic amines is 1. The monoisotopic (exact) mass is 334 g/mol. The van der Waals surface area contributed by atoms with Crippen LogP contribution in [0.25, 0.3) is 11.3 Å². The quantitative estimate of drug-likeness (QED) is 0.702. The number of rotatable bonds is 3. The summed E-state index contributed by atoms with van der Waals surface area (Å²) in [5.74, 6) is -1.04. The highest BCUT2D eigenvalue weighted by Crippen LogP contribution is 2.29. The fraction of sp³-hybridized carbons (Fsp3) is 0. The van der Waals surface area contributed by atoms with Crippen LogP contribution in [0, 0.1) is 5.82 Å². The van der Waals surface area contributed by atoms with Gasteiger partial charge in [-0.2, -0.15) is 5.10 Å². The Morgan fingerprint density at radius 3 is 2.41 bits per heavy atom.